The zero-order valence-corrected chi connectivity index (χ0v) is 15.6. The van der Waals surface area contributed by atoms with Crippen molar-refractivity contribution in [1.29, 1.82) is 0 Å². The number of carbonyl (C=O) groups is 1. The van der Waals surface area contributed by atoms with Crippen LogP contribution >= 0.6 is 0 Å². The van der Waals surface area contributed by atoms with Gasteiger partial charge in [0.2, 0.25) is 11.7 Å². The lowest BCUT2D eigenvalue weighted by Crippen LogP contribution is -2.63. The predicted octanol–water partition coefficient (Wildman–Crippen LogP) is 1.84. The fourth-order valence-corrected chi connectivity index (χ4v) is 3.26. The van der Waals surface area contributed by atoms with E-state index < -0.39 is 12.1 Å². The molecule has 2 aromatic rings. The second kappa shape index (κ2) is 7.24. The number of hydrogen-bond acceptors (Lipinski definition) is 7. The topological polar surface area (TPSA) is 103 Å². The number of nitrogens with two attached hydrogens (primary N) is 1. The monoisotopic (exact) mass is 374 g/mol. The first-order chi connectivity index (χ1) is 13.0. The number of ether oxygens (including phenoxy) is 4. The van der Waals surface area contributed by atoms with E-state index in [9.17, 15) is 9.90 Å². The first kappa shape index (κ1) is 18.7. The van der Waals surface area contributed by atoms with Gasteiger partial charge < -0.3 is 34.7 Å². The molecule has 0 radical (unpaired) electrons. The summed E-state index contributed by atoms with van der Waals surface area (Å²) in [6, 6.07) is 7.09. The highest BCUT2D eigenvalue weighted by Gasteiger charge is 2.47. The molecule has 2 atom stereocenters. The van der Waals surface area contributed by atoms with Crippen molar-refractivity contribution in [3.63, 3.8) is 0 Å². The predicted molar refractivity (Wildman–Crippen MR) is 99.0 cm³/mol. The minimum atomic E-state index is -0.725. The van der Waals surface area contributed by atoms with Crippen LogP contribution in [-0.2, 0) is 4.79 Å². The summed E-state index contributed by atoms with van der Waals surface area (Å²) in [6.07, 6.45) is 0. The molecular formula is C19H22N2O6. The molecular weight excluding hydrogens is 352 g/mol. The smallest absolute Gasteiger partial charge is 0.247 e. The second-order valence-electron chi connectivity index (χ2n) is 5.99. The van der Waals surface area contributed by atoms with Crippen LogP contribution < -0.4 is 29.6 Å². The minimum absolute atomic E-state index is 0.0630. The van der Waals surface area contributed by atoms with Crippen LogP contribution in [0.5, 0.6) is 28.7 Å². The van der Waals surface area contributed by atoms with E-state index in [-0.39, 0.29) is 11.7 Å². The van der Waals surface area contributed by atoms with Gasteiger partial charge in [0.1, 0.15) is 6.04 Å². The average molecular weight is 374 g/mol. The number of hydrogen-bond donors (Lipinski definition) is 2. The first-order valence-corrected chi connectivity index (χ1v) is 8.22. The van der Waals surface area contributed by atoms with Crippen LogP contribution in [0.1, 0.15) is 11.6 Å². The second-order valence-corrected chi connectivity index (χ2v) is 5.99. The molecule has 2 aromatic carbocycles. The molecule has 1 aliphatic heterocycles. The number of benzene rings is 2. The van der Waals surface area contributed by atoms with Gasteiger partial charge in [-0.05, 0) is 29.8 Å². The number of rotatable bonds is 6. The van der Waals surface area contributed by atoms with Gasteiger partial charge in [0.15, 0.2) is 23.0 Å². The Morgan fingerprint density at radius 3 is 2.00 bits per heavy atom. The summed E-state index contributed by atoms with van der Waals surface area (Å²) in [6.45, 7) is 0. The Bertz CT molecular complexity index is 844. The number of methoxy groups -OCH3 is 4. The summed E-state index contributed by atoms with van der Waals surface area (Å²) in [5.74, 6) is 1.40. The van der Waals surface area contributed by atoms with Crippen LogP contribution in [0.3, 0.4) is 0 Å². The van der Waals surface area contributed by atoms with E-state index in [0.29, 0.717) is 28.7 Å². The van der Waals surface area contributed by atoms with Gasteiger partial charge in [-0.2, -0.15) is 0 Å². The molecule has 3 rings (SSSR count). The maximum absolute atomic E-state index is 12.4. The highest BCUT2D eigenvalue weighted by Crippen LogP contribution is 2.46. The Morgan fingerprint density at radius 2 is 1.52 bits per heavy atom. The lowest BCUT2D eigenvalue weighted by molar-refractivity contribution is -0.126. The summed E-state index contributed by atoms with van der Waals surface area (Å²) in [5, 5.41) is 10.1. The number of aromatic hydroxyl groups is 1. The first-order valence-electron chi connectivity index (χ1n) is 8.22. The Balaban J connectivity index is 2.05. The molecule has 0 saturated carbocycles. The highest BCUT2D eigenvalue weighted by molar-refractivity contribution is 6.06. The maximum atomic E-state index is 12.4. The van der Waals surface area contributed by atoms with Crippen LogP contribution in [-0.4, -0.2) is 45.5 Å². The third-order valence-corrected chi connectivity index (χ3v) is 4.61. The summed E-state index contributed by atoms with van der Waals surface area (Å²) in [5.41, 5.74) is 7.32. The molecule has 1 amide bonds. The normalized spacial score (nSPS) is 18.7. The lowest BCUT2D eigenvalue weighted by Gasteiger charge is -2.45. The Hall–Kier alpha value is -3.13. The molecule has 27 heavy (non-hydrogen) atoms. The van der Waals surface area contributed by atoms with Crippen LogP contribution in [0, 0.1) is 0 Å². The van der Waals surface area contributed by atoms with E-state index >= 15 is 0 Å². The average Bonchev–Trinajstić information content (AvgIpc) is 2.69. The number of anilines is 1. The van der Waals surface area contributed by atoms with E-state index in [1.165, 1.54) is 39.4 Å². The number of phenols is 1. The van der Waals surface area contributed by atoms with Crippen molar-refractivity contribution in [2.75, 3.05) is 33.3 Å². The number of amides is 1. The quantitative estimate of drug-likeness (QED) is 0.744. The van der Waals surface area contributed by atoms with Gasteiger partial charge in [0.05, 0.1) is 34.5 Å². The third-order valence-electron chi connectivity index (χ3n) is 4.61. The zero-order chi connectivity index (χ0) is 19.7. The Morgan fingerprint density at radius 1 is 0.926 bits per heavy atom. The van der Waals surface area contributed by atoms with E-state index in [0.717, 1.165) is 5.56 Å². The van der Waals surface area contributed by atoms with Gasteiger partial charge in [-0.25, -0.2) is 0 Å². The Labute approximate surface area is 157 Å². The molecule has 3 N–H and O–H groups in total. The van der Waals surface area contributed by atoms with Crippen LogP contribution in [0.25, 0.3) is 0 Å². The van der Waals surface area contributed by atoms with Crippen molar-refractivity contribution in [3.8, 4) is 28.7 Å². The van der Waals surface area contributed by atoms with Crippen molar-refractivity contribution in [3.05, 3.63) is 35.9 Å². The molecule has 0 spiro atoms. The van der Waals surface area contributed by atoms with Gasteiger partial charge in [0, 0.05) is 11.8 Å². The highest BCUT2D eigenvalue weighted by atomic mass is 16.5. The van der Waals surface area contributed by atoms with Crippen LogP contribution in [0.4, 0.5) is 5.69 Å². The molecule has 1 heterocycles. The number of β-lactam (4-membered cyclic amide) rings is 1. The van der Waals surface area contributed by atoms with E-state index in [1.54, 1.807) is 24.3 Å². The van der Waals surface area contributed by atoms with E-state index in [2.05, 4.69) is 0 Å². The van der Waals surface area contributed by atoms with Gasteiger partial charge in [0.25, 0.3) is 0 Å². The van der Waals surface area contributed by atoms with Crippen molar-refractivity contribution in [2.24, 2.45) is 5.73 Å². The zero-order valence-electron chi connectivity index (χ0n) is 15.6. The summed E-state index contributed by atoms with van der Waals surface area (Å²) in [7, 11) is 6.02. The number of phenolic OH excluding ortho intramolecular Hbond substituents is 1. The van der Waals surface area contributed by atoms with E-state index in [4.69, 9.17) is 24.7 Å². The molecule has 1 aliphatic rings. The van der Waals surface area contributed by atoms with Gasteiger partial charge in [-0.15, -0.1) is 0 Å². The number of carbonyl (C=O) groups excluding carboxylic acids is 1. The summed E-state index contributed by atoms with van der Waals surface area (Å²) >= 11 is 0. The maximum Gasteiger partial charge on any atom is 0.247 e. The van der Waals surface area contributed by atoms with Gasteiger partial charge in [-0.1, -0.05) is 0 Å². The molecule has 2 unspecified atom stereocenters. The standard InChI is InChI=1S/C19H22N2O6/c1-24-13-6-5-11(9-12(13)22)21-17(16(20)19(21)23)10-7-14(25-2)18(27-4)15(8-10)26-3/h5-9,16-17,22H,20H2,1-4H3. The van der Waals surface area contributed by atoms with Crippen molar-refractivity contribution < 1.29 is 28.8 Å². The number of nitrogens with zero attached hydrogens (tertiary/aromatic N) is 1. The third kappa shape index (κ3) is 2.97. The van der Waals surface area contributed by atoms with Gasteiger partial charge in [-0.3, -0.25) is 4.79 Å². The fraction of sp³-hybridized carbons (Fsp3) is 0.316. The molecule has 8 heteroatoms. The molecule has 0 aromatic heterocycles. The largest absolute Gasteiger partial charge is 0.504 e. The fourth-order valence-electron chi connectivity index (χ4n) is 3.26. The molecule has 1 fully saturated rings. The molecule has 1 saturated heterocycles. The molecule has 8 nitrogen and oxygen atoms in total. The van der Waals surface area contributed by atoms with Crippen LogP contribution in [0.15, 0.2) is 30.3 Å². The van der Waals surface area contributed by atoms with E-state index in [1.807, 2.05) is 0 Å². The van der Waals surface area contributed by atoms with Crippen molar-refractivity contribution >= 4 is 11.6 Å². The molecule has 0 bridgehead atoms. The summed E-state index contributed by atoms with van der Waals surface area (Å²) < 4.78 is 21.2. The Kier molecular flexibility index (Phi) is 5.00. The minimum Gasteiger partial charge on any atom is -0.504 e. The SMILES string of the molecule is COc1ccc(N2C(=O)C(N)C2c2cc(OC)c(OC)c(OC)c2)cc1O. The molecule has 144 valence electrons. The van der Waals surface area contributed by atoms with Crippen LogP contribution in [0.2, 0.25) is 0 Å². The van der Waals surface area contributed by atoms with Gasteiger partial charge >= 0.3 is 0 Å². The summed E-state index contributed by atoms with van der Waals surface area (Å²) in [4.78, 5) is 14.0. The van der Waals surface area contributed by atoms with Crippen molar-refractivity contribution in [1.82, 2.24) is 0 Å². The molecule has 0 aliphatic carbocycles. The van der Waals surface area contributed by atoms with Crippen molar-refractivity contribution in [2.45, 2.75) is 12.1 Å². The lowest BCUT2D eigenvalue weighted by atomic mass is 9.88.